The number of rotatable bonds is 4. The summed E-state index contributed by atoms with van der Waals surface area (Å²) >= 11 is 11.1. The lowest BCUT2D eigenvalue weighted by Gasteiger charge is -2.36. The van der Waals surface area contributed by atoms with Gasteiger partial charge in [0.25, 0.3) is 0 Å². The van der Waals surface area contributed by atoms with E-state index in [4.69, 9.17) is 24.2 Å². The van der Waals surface area contributed by atoms with Crippen LogP contribution in [0.3, 0.4) is 0 Å². The van der Waals surface area contributed by atoms with Crippen LogP contribution >= 0.6 is 24.2 Å². The average molecular weight is 472 g/mol. The monoisotopic (exact) mass is 471 g/mol. The van der Waals surface area contributed by atoms with Crippen molar-refractivity contribution in [3.05, 3.63) is 58.4 Å². The highest BCUT2D eigenvalue weighted by Crippen LogP contribution is 2.39. The van der Waals surface area contributed by atoms with Gasteiger partial charge in [0.05, 0.1) is 22.1 Å². The SMILES string of the molecule is O=C1CCC(N2Cc3ccc(CN4CCN(c5ccncc5Cl)CC4)cc3C2S)C(=O)N1. The summed E-state index contributed by atoms with van der Waals surface area (Å²) < 4.78 is 0. The van der Waals surface area contributed by atoms with Gasteiger partial charge >= 0.3 is 0 Å². The van der Waals surface area contributed by atoms with Gasteiger partial charge in [-0.1, -0.05) is 29.8 Å². The summed E-state index contributed by atoms with van der Waals surface area (Å²) in [6.45, 7) is 5.33. The molecule has 7 nitrogen and oxygen atoms in total. The number of carbonyl (C=O) groups is 2. The van der Waals surface area contributed by atoms with Crippen LogP contribution in [0, 0.1) is 0 Å². The minimum atomic E-state index is -0.306. The van der Waals surface area contributed by atoms with E-state index in [-0.39, 0.29) is 23.2 Å². The molecule has 1 aromatic heterocycles. The number of nitrogens with zero attached hydrogens (tertiary/aromatic N) is 4. The van der Waals surface area contributed by atoms with Crippen LogP contribution in [0.15, 0.2) is 36.7 Å². The smallest absolute Gasteiger partial charge is 0.243 e. The second-order valence-electron chi connectivity index (χ2n) is 8.64. The van der Waals surface area contributed by atoms with Gasteiger partial charge in [0.2, 0.25) is 11.8 Å². The molecule has 168 valence electrons. The summed E-state index contributed by atoms with van der Waals surface area (Å²) in [4.78, 5) is 34.8. The standard InChI is InChI=1S/C23H26ClN5O2S/c24-18-12-25-6-5-19(18)28-9-7-27(8-10-28)13-15-1-2-16-14-29(23(32)17(16)11-15)20-3-4-21(30)26-22(20)31/h1-2,5-6,11-12,20,23,32H,3-4,7-10,13-14H2,(H,26,30,31). The molecule has 1 N–H and O–H groups in total. The third-order valence-electron chi connectivity index (χ3n) is 6.64. The Kier molecular flexibility index (Phi) is 6.11. The van der Waals surface area contributed by atoms with Gasteiger partial charge in [-0.15, -0.1) is 0 Å². The third kappa shape index (κ3) is 4.24. The van der Waals surface area contributed by atoms with Crippen molar-refractivity contribution in [2.75, 3.05) is 31.1 Å². The fourth-order valence-electron chi connectivity index (χ4n) is 4.90. The van der Waals surface area contributed by atoms with E-state index < -0.39 is 0 Å². The predicted molar refractivity (Wildman–Crippen MR) is 127 cm³/mol. The third-order valence-corrected chi connectivity index (χ3v) is 7.50. The van der Waals surface area contributed by atoms with Gasteiger partial charge in [-0.25, -0.2) is 0 Å². The van der Waals surface area contributed by atoms with Gasteiger partial charge < -0.3 is 4.90 Å². The Hall–Kier alpha value is -2.13. The van der Waals surface area contributed by atoms with Crippen molar-refractivity contribution in [2.45, 2.75) is 37.3 Å². The highest BCUT2D eigenvalue weighted by molar-refractivity contribution is 7.80. The van der Waals surface area contributed by atoms with Crippen molar-refractivity contribution in [1.82, 2.24) is 20.1 Å². The van der Waals surface area contributed by atoms with Crippen molar-refractivity contribution >= 4 is 41.7 Å². The number of imide groups is 1. The van der Waals surface area contributed by atoms with E-state index in [0.29, 0.717) is 24.4 Å². The topological polar surface area (TPSA) is 68.8 Å². The van der Waals surface area contributed by atoms with E-state index >= 15 is 0 Å². The van der Waals surface area contributed by atoms with Crippen LogP contribution < -0.4 is 10.2 Å². The molecule has 9 heteroatoms. The van der Waals surface area contributed by atoms with Crippen molar-refractivity contribution in [3.63, 3.8) is 0 Å². The Morgan fingerprint density at radius 3 is 2.72 bits per heavy atom. The second-order valence-corrected chi connectivity index (χ2v) is 9.53. The number of anilines is 1. The molecule has 32 heavy (non-hydrogen) atoms. The van der Waals surface area contributed by atoms with Gasteiger partial charge in [-0.3, -0.25) is 29.7 Å². The summed E-state index contributed by atoms with van der Waals surface area (Å²) in [7, 11) is 0. The average Bonchev–Trinajstić information content (AvgIpc) is 3.11. The summed E-state index contributed by atoms with van der Waals surface area (Å²) in [5.74, 6) is -0.396. The van der Waals surface area contributed by atoms with Crippen molar-refractivity contribution in [3.8, 4) is 0 Å². The number of halogens is 1. The fourth-order valence-corrected chi connectivity index (χ4v) is 5.62. The molecule has 0 aliphatic carbocycles. The molecule has 0 bridgehead atoms. The quantitative estimate of drug-likeness (QED) is 0.527. The molecule has 3 aliphatic rings. The molecule has 0 spiro atoms. The molecule has 3 aliphatic heterocycles. The maximum atomic E-state index is 12.3. The Morgan fingerprint density at radius 2 is 1.97 bits per heavy atom. The Bertz CT molecular complexity index is 1040. The first-order chi connectivity index (χ1) is 15.5. The number of hydrogen-bond donors (Lipinski definition) is 2. The van der Waals surface area contributed by atoms with Crippen molar-refractivity contribution in [1.29, 1.82) is 0 Å². The van der Waals surface area contributed by atoms with Crippen LogP contribution in [-0.2, 0) is 22.7 Å². The summed E-state index contributed by atoms with van der Waals surface area (Å²) in [5, 5.41) is 3.02. The lowest BCUT2D eigenvalue weighted by molar-refractivity contribution is -0.137. The highest BCUT2D eigenvalue weighted by Gasteiger charge is 2.39. The minimum absolute atomic E-state index is 0.139. The van der Waals surface area contributed by atoms with E-state index in [9.17, 15) is 9.59 Å². The molecular weight excluding hydrogens is 446 g/mol. The van der Waals surface area contributed by atoms with Crippen LogP contribution in [0.5, 0.6) is 0 Å². The van der Waals surface area contributed by atoms with Crippen LogP contribution in [-0.4, -0.2) is 58.8 Å². The zero-order chi connectivity index (χ0) is 22.2. The molecule has 2 unspecified atom stereocenters. The molecule has 2 aromatic rings. The molecule has 2 atom stereocenters. The van der Waals surface area contributed by atoms with E-state index in [2.05, 4.69) is 43.2 Å². The van der Waals surface area contributed by atoms with Crippen LogP contribution in [0.2, 0.25) is 5.02 Å². The van der Waals surface area contributed by atoms with E-state index in [0.717, 1.165) is 44.0 Å². The van der Waals surface area contributed by atoms with E-state index in [1.165, 1.54) is 11.1 Å². The van der Waals surface area contributed by atoms with E-state index in [1.54, 1.807) is 12.4 Å². The zero-order valence-electron chi connectivity index (χ0n) is 17.7. The molecule has 2 saturated heterocycles. The zero-order valence-corrected chi connectivity index (χ0v) is 19.4. The van der Waals surface area contributed by atoms with Crippen molar-refractivity contribution in [2.24, 2.45) is 0 Å². The number of piperidine rings is 1. The first-order valence-corrected chi connectivity index (χ1v) is 11.8. The normalized spacial score (nSPS) is 24.5. The van der Waals surface area contributed by atoms with Crippen LogP contribution in [0.1, 0.15) is 34.9 Å². The Balaban J connectivity index is 1.22. The fraction of sp³-hybridized carbons (Fsp3) is 0.435. The molecule has 0 saturated carbocycles. The molecule has 1 aromatic carbocycles. The maximum absolute atomic E-state index is 12.3. The summed E-state index contributed by atoms with van der Waals surface area (Å²) in [5.41, 5.74) is 4.67. The van der Waals surface area contributed by atoms with Gasteiger partial charge in [-0.2, -0.15) is 12.6 Å². The minimum Gasteiger partial charge on any atom is -0.368 e. The number of benzene rings is 1. The second kappa shape index (κ2) is 9.02. The van der Waals surface area contributed by atoms with Crippen molar-refractivity contribution < 1.29 is 9.59 Å². The number of piperazine rings is 1. The number of hydrogen-bond acceptors (Lipinski definition) is 7. The molecule has 5 rings (SSSR count). The lowest BCUT2D eigenvalue weighted by atomic mass is 10.0. The maximum Gasteiger partial charge on any atom is 0.243 e. The predicted octanol–water partition coefficient (Wildman–Crippen LogP) is 2.61. The number of nitrogens with one attached hydrogen (secondary N) is 1. The molecule has 4 heterocycles. The number of pyridine rings is 1. The molecule has 0 radical (unpaired) electrons. The number of carbonyl (C=O) groups excluding carboxylic acids is 2. The van der Waals surface area contributed by atoms with Crippen LogP contribution in [0.25, 0.3) is 0 Å². The van der Waals surface area contributed by atoms with Crippen LogP contribution in [0.4, 0.5) is 5.69 Å². The van der Waals surface area contributed by atoms with Gasteiger partial charge in [0.15, 0.2) is 0 Å². The van der Waals surface area contributed by atoms with E-state index in [1.807, 2.05) is 6.07 Å². The first kappa shape index (κ1) is 21.7. The molecular formula is C23H26ClN5O2S. The van der Waals surface area contributed by atoms with Gasteiger partial charge in [0, 0.05) is 58.1 Å². The largest absolute Gasteiger partial charge is 0.368 e. The van der Waals surface area contributed by atoms with Gasteiger partial charge in [0.1, 0.15) is 0 Å². The number of amides is 2. The number of aromatic nitrogens is 1. The Morgan fingerprint density at radius 1 is 1.16 bits per heavy atom. The summed E-state index contributed by atoms with van der Waals surface area (Å²) in [6.07, 6.45) is 4.41. The highest BCUT2D eigenvalue weighted by atomic mass is 35.5. The molecule has 2 amide bonds. The number of fused-ring (bicyclic) bond motifs is 1. The number of thiol groups is 1. The first-order valence-electron chi connectivity index (χ1n) is 11.0. The Labute approximate surface area is 198 Å². The molecule has 2 fully saturated rings. The summed E-state index contributed by atoms with van der Waals surface area (Å²) in [6, 6.07) is 8.23. The van der Waals surface area contributed by atoms with Gasteiger partial charge in [-0.05, 0) is 29.2 Å². The lowest BCUT2D eigenvalue weighted by Crippen LogP contribution is -2.51.